The maximum absolute atomic E-state index is 11.6. The van der Waals surface area contributed by atoms with Crippen molar-refractivity contribution >= 4 is 5.91 Å². The summed E-state index contributed by atoms with van der Waals surface area (Å²) in [5, 5.41) is 10.3. The van der Waals surface area contributed by atoms with Gasteiger partial charge in [0.25, 0.3) is 0 Å². The number of nitrogens with one attached hydrogen (secondary N) is 1. The van der Waals surface area contributed by atoms with E-state index in [1.807, 2.05) is 0 Å². The molecule has 18 heavy (non-hydrogen) atoms. The molecule has 0 saturated carbocycles. The molecule has 0 fully saturated rings. The molecule has 1 heterocycles. The van der Waals surface area contributed by atoms with Crippen LogP contribution < -0.4 is 11.1 Å². The summed E-state index contributed by atoms with van der Waals surface area (Å²) >= 11 is 0. The lowest BCUT2D eigenvalue weighted by atomic mass is 10.3. The summed E-state index contributed by atoms with van der Waals surface area (Å²) < 4.78 is 11.5. The van der Waals surface area contributed by atoms with Gasteiger partial charge in [-0.1, -0.05) is 5.21 Å². The molecule has 8 heteroatoms. The Hall–Kier alpha value is -1.51. The second-order valence-corrected chi connectivity index (χ2v) is 3.73. The van der Waals surface area contributed by atoms with Gasteiger partial charge in [-0.3, -0.25) is 4.79 Å². The third-order valence-corrected chi connectivity index (χ3v) is 2.31. The van der Waals surface area contributed by atoms with Gasteiger partial charge in [-0.25, -0.2) is 4.68 Å². The van der Waals surface area contributed by atoms with Crippen molar-refractivity contribution in [2.24, 2.45) is 5.73 Å². The van der Waals surface area contributed by atoms with Crippen molar-refractivity contribution in [1.29, 1.82) is 0 Å². The smallest absolute Gasteiger partial charge is 0.241 e. The average Bonchev–Trinajstić information content (AvgIpc) is 2.82. The Balaban J connectivity index is 2.32. The third-order valence-electron chi connectivity index (χ3n) is 2.31. The van der Waals surface area contributed by atoms with Gasteiger partial charge in [0.05, 0.1) is 24.6 Å². The molecule has 3 N–H and O–H groups in total. The highest BCUT2D eigenvalue weighted by molar-refractivity contribution is 5.75. The van der Waals surface area contributed by atoms with E-state index in [1.165, 1.54) is 4.68 Å². The molecule has 0 spiro atoms. The molecule has 0 aliphatic rings. The predicted molar refractivity (Wildman–Crippen MR) is 63.6 cm³/mol. The zero-order valence-electron chi connectivity index (χ0n) is 10.6. The molecule has 1 atom stereocenters. The molecular formula is C10H19N5O3. The van der Waals surface area contributed by atoms with Gasteiger partial charge in [-0.05, 0) is 0 Å². The Kier molecular flexibility index (Phi) is 6.26. The highest BCUT2D eigenvalue weighted by atomic mass is 16.5. The van der Waals surface area contributed by atoms with Crippen molar-refractivity contribution in [3.63, 3.8) is 0 Å². The Morgan fingerprint density at radius 1 is 1.61 bits per heavy atom. The molecule has 1 aromatic heterocycles. The van der Waals surface area contributed by atoms with Crippen LogP contribution >= 0.6 is 0 Å². The first kappa shape index (κ1) is 14.6. The van der Waals surface area contributed by atoms with Crippen molar-refractivity contribution in [2.45, 2.75) is 19.2 Å². The summed E-state index contributed by atoms with van der Waals surface area (Å²) in [5.41, 5.74) is 6.05. The standard InChI is InChI=1S/C10H19N5O3/c1-17-7-9(18-2)4-12-10(16)6-15-5-8(3-11)13-14-15/h5,9H,3-4,6-7,11H2,1-2H3,(H,12,16). The van der Waals surface area contributed by atoms with Gasteiger partial charge in [0, 0.05) is 27.3 Å². The molecule has 0 radical (unpaired) electrons. The number of amides is 1. The predicted octanol–water partition coefficient (Wildman–Crippen LogP) is -1.49. The van der Waals surface area contributed by atoms with Crippen LogP contribution in [0.25, 0.3) is 0 Å². The molecule has 0 aliphatic heterocycles. The third kappa shape index (κ3) is 4.78. The number of methoxy groups -OCH3 is 2. The molecular weight excluding hydrogens is 238 g/mol. The van der Waals surface area contributed by atoms with E-state index in [9.17, 15) is 4.79 Å². The van der Waals surface area contributed by atoms with E-state index >= 15 is 0 Å². The fourth-order valence-electron chi connectivity index (χ4n) is 1.34. The van der Waals surface area contributed by atoms with Gasteiger partial charge in [0.2, 0.25) is 5.91 Å². The first-order chi connectivity index (χ1) is 8.69. The number of carbonyl (C=O) groups excluding carboxylic acids is 1. The first-order valence-electron chi connectivity index (χ1n) is 5.57. The molecule has 1 aromatic rings. The van der Waals surface area contributed by atoms with E-state index in [-0.39, 0.29) is 18.6 Å². The zero-order valence-corrected chi connectivity index (χ0v) is 10.6. The van der Waals surface area contributed by atoms with Crippen molar-refractivity contribution in [3.8, 4) is 0 Å². The van der Waals surface area contributed by atoms with Gasteiger partial charge < -0.3 is 20.5 Å². The lowest BCUT2D eigenvalue weighted by Gasteiger charge is -2.14. The summed E-state index contributed by atoms with van der Waals surface area (Å²) in [6.07, 6.45) is 1.48. The molecule has 102 valence electrons. The normalized spacial score (nSPS) is 12.4. The number of ether oxygens (including phenoxy) is 2. The quantitative estimate of drug-likeness (QED) is 0.588. The van der Waals surface area contributed by atoms with Crippen LogP contribution in [0.15, 0.2) is 6.20 Å². The van der Waals surface area contributed by atoms with E-state index < -0.39 is 0 Å². The minimum atomic E-state index is -0.165. The molecule has 0 aliphatic carbocycles. The van der Waals surface area contributed by atoms with Crippen LogP contribution in [0.2, 0.25) is 0 Å². The summed E-state index contributed by atoms with van der Waals surface area (Å²) in [6, 6.07) is 0. The molecule has 1 rings (SSSR count). The number of rotatable bonds is 8. The molecule has 0 bridgehead atoms. The number of carbonyl (C=O) groups is 1. The highest BCUT2D eigenvalue weighted by Gasteiger charge is 2.10. The fraction of sp³-hybridized carbons (Fsp3) is 0.700. The van der Waals surface area contributed by atoms with E-state index in [4.69, 9.17) is 15.2 Å². The lowest BCUT2D eigenvalue weighted by molar-refractivity contribution is -0.122. The van der Waals surface area contributed by atoms with Crippen LogP contribution in [0.1, 0.15) is 5.69 Å². The lowest BCUT2D eigenvalue weighted by Crippen LogP contribution is -2.37. The largest absolute Gasteiger partial charge is 0.382 e. The summed E-state index contributed by atoms with van der Waals surface area (Å²) in [5.74, 6) is -0.165. The highest BCUT2D eigenvalue weighted by Crippen LogP contribution is 1.92. The van der Waals surface area contributed by atoms with Crippen LogP contribution in [0, 0.1) is 0 Å². The van der Waals surface area contributed by atoms with Crippen molar-refractivity contribution < 1.29 is 14.3 Å². The maximum atomic E-state index is 11.6. The molecule has 8 nitrogen and oxygen atoms in total. The second kappa shape index (κ2) is 7.75. The molecule has 1 unspecified atom stereocenters. The number of hydrogen-bond donors (Lipinski definition) is 2. The average molecular weight is 257 g/mol. The summed E-state index contributed by atoms with van der Waals surface area (Å²) in [7, 11) is 3.15. The van der Waals surface area contributed by atoms with Gasteiger partial charge in [-0.15, -0.1) is 5.10 Å². The topological polar surface area (TPSA) is 104 Å². The van der Waals surface area contributed by atoms with Crippen LogP contribution in [-0.4, -0.2) is 54.4 Å². The minimum absolute atomic E-state index is 0.108. The van der Waals surface area contributed by atoms with Crippen LogP contribution in [-0.2, 0) is 27.4 Å². The van der Waals surface area contributed by atoms with E-state index in [0.29, 0.717) is 25.4 Å². The summed E-state index contributed by atoms with van der Waals surface area (Å²) in [6.45, 7) is 1.23. The number of nitrogens with zero attached hydrogens (tertiary/aromatic N) is 3. The van der Waals surface area contributed by atoms with E-state index in [0.717, 1.165) is 0 Å². The van der Waals surface area contributed by atoms with Crippen LogP contribution in [0.5, 0.6) is 0 Å². The van der Waals surface area contributed by atoms with Gasteiger partial charge >= 0.3 is 0 Å². The van der Waals surface area contributed by atoms with Gasteiger partial charge in [0.15, 0.2) is 0 Å². The number of nitrogens with two attached hydrogens (primary N) is 1. The Bertz CT molecular complexity index is 368. The zero-order chi connectivity index (χ0) is 13.4. The fourth-order valence-corrected chi connectivity index (χ4v) is 1.34. The molecule has 0 saturated heterocycles. The first-order valence-corrected chi connectivity index (χ1v) is 5.57. The SMILES string of the molecule is COCC(CNC(=O)Cn1cc(CN)nn1)OC. The van der Waals surface area contributed by atoms with Crippen molar-refractivity contribution in [2.75, 3.05) is 27.4 Å². The van der Waals surface area contributed by atoms with Gasteiger partial charge in [-0.2, -0.15) is 0 Å². The Morgan fingerprint density at radius 2 is 2.39 bits per heavy atom. The van der Waals surface area contributed by atoms with Crippen molar-refractivity contribution in [1.82, 2.24) is 20.3 Å². The Morgan fingerprint density at radius 3 is 2.94 bits per heavy atom. The van der Waals surface area contributed by atoms with E-state index in [2.05, 4.69) is 15.6 Å². The maximum Gasteiger partial charge on any atom is 0.241 e. The van der Waals surface area contributed by atoms with Crippen LogP contribution in [0.4, 0.5) is 0 Å². The summed E-state index contributed by atoms with van der Waals surface area (Å²) in [4.78, 5) is 11.6. The Labute approximate surface area is 105 Å². The minimum Gasteiger partial charge on any atom is -0.382 e. The van der Waals surface area contributed by atoms with Gasteiger partial charge in [0.1, 0.15) is 6.54 Å². The monoisotopic (exact) mass is 257 g/mol. The molecule has 1 amide bonds. The molecule has 0 aromatic carbocycles. The second-order valence-electron chi connectivity index (χ2n) is 3.73. The van der Waals surface area contributed by atoms with Crippen molar-refractivity contribution in [3.05, 3.63) is 11.9 Å². The number of aromatic nitrogens is 3. The van der Waals surface area contributed by atoms with E-state index in [1.54, 1.807) is 20.4 Å². The number of hydrogen-bond acceptors (Lipinski definition) is 6. The van der Waals surface area contributed by atoms with Crippen LogP contribution in [0.3, 0.4) is 0 Å².